The summed E-state index contributed by atoms with van der Waals surface area (Å²) in [7, 11) is 0. The maximum Gasteiger partial charge on any atom is 0.0261 e. The summed E-state index contributed by atoms with van der Waals surface area (Å²) in [6.07, 6.45) is 0. The molecule has 3 heteroatoms. The normalized spacial score (nSPS) is 11.6. The van der Waals surface area contributed by atoms with Crippen LogP contribution in [0.2, 0.25) is 0 Å². The van der Waals surface area contributed by atoms with Crippen LogP contribution in [0.4, 0.5) is 0 Å². The van der Waals surface area contributed by atoms with Crippen LogP contribution in [-0.4, -0.2) is 62.2 Å². The Morgan fingerprint density at radius 3 is 1.27 bits per heavy atom. The Bertz CT molecular complexity index is 106. The van der Waals surface area contributed by atoms with E-state index < -0.39 is 0 Å². The molecule has 0 rings (SSSR count). The van der Waals surface area contributed by atoms with Gasteiger partial charge in [0.05, 0.1) is 0 Å². The summed E-state index contributed by atoms with van der Waals surface area (Å²) >= 11 is 0. The lowest BCUT2D eigenvalue weighted by atomic mass is 10.4. The number of likely N-dealkylation sites (N-methyl/N-ethyl adjacent to an activating group) is 2. The van der Waals surface area contributed by atoms with Crippen molar-refractivity contribution in [2.45, 2.75) is 27.7 Å². The van der Waals surface area contributed by atoms with E-state index in [2.05, 4.69) is 42.8 Å². The van der Waals surface area contributed by atoms with Gasteiger partial charge in [0.2, 0.25) is 0 Å². The summed E-state index contributed by atoms with van der Waals surface area (Å²) in [5, 5.41) is 4.56. The molecule has 0 saturated heterocycles. The van der Waals surface area contributed by atoms with Gasteiger partial charge in [-0.2, -0.15) is 0 Å². The van der Waals surface area contributed by atoms with E-state index >= 15 is 0 Å². The average Bonchev–Trinajstić information content (AvgIpc) is 2.29. The van der Waals surface area contributed by atoms with Gasteiger partial charge in [0, 0.05) is 26.2 Å². The first-order valence-electron chi connectivity index (χ1n) is 6.36. The predicted octanol–water partition coefficient (Wildman–Crippen LogP) is 1.27. The van der Waals surface area contributed by atoms with Crippen LogP contribution in [0.5, 0.6) is 0 Å². The summed E-state index contributed by atoms with van der Waals surface area (Å²) in [5.41, 5.74) is 0. The summed E-state index contributed by atoms with van der Waals surface area (Å²) in [6, 6.07) is 0. The lowest BCUT2D eigenvalue weighted by Crippen LogP contribution is -2.33. The fraction of sp³-hybridized carbons (Fsp3) is 1.00. The minimum absolute atomic E-state index is 0.989. The minimum Gasteiger partial charge on any atom is -0.303 e. The molecule has 0 spiro atoms. The van der Waals surface area contributed by atoms with Crippen molar-refractivity contribution < 1.29 is 0 Å². The molecule has 0 fully saturated rings. The SMILES string of the molecule is CCN(CC)CC[N]CCN(CC)CC. The summed E-state index contributed by atoms with van der Waals surface area (Å²) < 4.78 is 0. The molecule has 1 radical (unpaired) electrons. The third kappa shape index (κ3) is 7.77. The van der Waals surface area contributed by atoms with Gasteiger partial charge in [0.25, 0.3) is 0 Å². The molecule has 3 nitrogen and oxygen atoms in total. The van der Waals surface area contributed by atoms with Gasteiger partial charge < -0.3 is 9.80 Å². The third-order valence-electron chi connectivity index (χ3n) is 2.94. The molecular weight excluding hydrogens is 186 g/mol. The van der Waals surface area contributed by atoms with Gasteiger partial charge in [0.15, 0.2) is 0 Å². The van der Waals surface area contributed by atoms with Crippen LogP contribution in [0.1, 0.15) is 27.7 Å². The molecular formula is C12H28N3. The molecule has 0 aliphatic rings. The maximum absolute atomic E-state index is 4.56. The molecule has 0 bridgehead atoms. The van der Waals surface area contributed by atoms with Crippen LogP contribution in [0.25, 0.3) is 0 Å². The van der Waals surface area contributed by atoms with Crippen molar-refractivity contribution in [3.63, 3.8) is 0 Å². The van der Waals surface area contributed by atoms with Gasteiger partial charge in [-0.15, -0.1) is 0 Å². The van der Waals surface area contributed by atoms with E-state index in [0.717, 1.165) is 52.4 Å². The van der Waals surface area contributed by atoms with Crippen molar-refractivity contribution in [3.8, 4) is 0 Å². The van der Waals surface area contributed by atoms with Crippen LogP contribution >= 0.6 is 0 Å². The lowest BCUT2D eigenvalue weighted by molar-refractivity contribution is 0.281. The number of hydrogen-bond donors (Lipinski definition) is 0. The van der Waals surface area contributed by atoms with E-state index in [1.807, 2.05) is 0 Å². The average molecular weight is 214 g/mol. The first-order valence-corrected chi connectivity index (χ1v) is 6.36. The molecule has 0 unspecified atom stereocenters. The molecule has 0 saturated carbocycles. The van der Waals surface area contributed by atoms with E-state index in [0.29, 0.717) is 0 Å². The van der Waals surface area contributed by atoms with Gasteiger partial charge in [-0.3, -0.25) is 0 Å². The molecule has 0 aliphatic heterocycles. The van der Waals surface area contributed by atoms with Crippen molar-refractivity contribution in [3.05, 3.63) is 0 Å². The Morgan fingerprint density at radius 2 is 1.00 bits per heavy atom. The highest BCUT2D eigenvalue weighted by molar-refractivity contribution is 4.58. The van der Waals surface area contributed by atoms with E-state index in [1.165, 1.54) is 0 Å². The van der Waals surface area contributed by atoms with Gasteiger partial charge >= 0.3 is 0 Å². The van der Waals surface area contributed by atoms with Crippen LogP contribution in [-0.2, 0) is 0 Å². The lowest BCUT2D eigenvalue weighted by Gasteiger charge is -2.19. The molecule has 0 aliphatic carbocycles. The highest BCUT2D eigenvalue weighted by atomic mass is 15.1. The highest BCUT2D eigenvalue weighted by Gasteiger charge is 2.00. The largest absolute Gasteiger partial charge is 0.303 e. The van der Waals surface area contributed by atoms with E-state index in [4.69, 9.17) is 0 Å². The van der Waals surface area contributed by atoms with Crippen molar-refractivity contribution in [2.24, 2.45) is 0 Å². The van der Waals surface area contributed by atoms with Crippen LogP contribution in [0, 0.1) is 0 Å². The zero-order chi connectivity index (χ0) is 11.5. The second-order valence-electron chi connectivity index (χ2n) is 3.72. The Morgan fingerprint density at radius 1 is 0.667 bits per heavy atom. The van der Waals surface area contributed by atoms with Crippen molar-refractivity contribution >= 4 is 0 Å². The fourth-order valence-corrected chi connectivity index (χ4v) is 1.62. The summed E-state index contributed by atoms with van der Waals surface area (Å²) in [4.78, 5) is 4.84. The first kappa shape index (κ1) is 14.9. The predicted molar refractivity (Wildman–Crippen MR) is 67.4 cm³/mol. The van der Waals surface area contributed by atoms with Gasteiger partial charge in [-0.05, 0) is 26.2 Å². The van der Waals surface area contributed by atoms with E-state index in [-0.39, 0.29) is 0 Å². The Balaban J connectivity index is 3.30. The molecule has 0 amide bonds. The quantitative estimate of drug-likeness (QED) is 0.511. The highest BCUT2D eigenvalue weighted by Crippen LogP contribution is 1.87. The zero-order valence-corrected chi connectivity index (χ0v) is 11.0. The summed E-state index contributed by atoms with van der Waals surface area (Å²) in [5.74, 6) is 0. The van der Waals surface area contributed by atoms with Crippen molar-refractivity contribution in [1.29, 1.82) is 0 Å². The molecule has 0 aromatic carbocycles. The molecule has 15 heavy (non-hydrogen) atoms. The topological polar surface area (TPSA) is 20.6 Å². The Hall–Kier alpha value is -0.120. The van der Waals surface area contributed by atoms with Crippen molar-refractivity contribution in [2.75, 3.05) is 52.4 Å². The van der Waals surface area contributed by atoms with Gasteiger partial charge in [-0.25, -0.2) is 5.32 Å². The van der Waals surface area contributed by atoms with E-state index in [9.17, 15) is 0 Å². The molecule has 0 aromatic rings. The van der Waals surface area contributed by atoms with Crippen LogP contribution < -0.4 is 5.32 Å². The smallest absolute Gasteiger partial charge is 0.0261 e. The summed E-state index contributed by atoms with van der Waals surface area (Å²) in [6.45, 7) is 17.6. The Labute approximate surface area is 95.8 Å². The van der Waals surface area contributed by atoms with Crippen LogP contribution in [0.15, 0.2) is 0 Å². The molecule has 0 N–H and O–H groups in total. The monoisotopic (exact) mass is 214 g/mol. The number of nitrogens with zero attached hydrogens (tertiary/aromatic N) is 3. The fourth-order valence-electron chi connectivity index (χ4n) is 1.62. The molecule has 0 heterocycles. The third-order valence-corrected chi connectivity index (χ3v) is 2.94. The number of hydrogen-bond acceptors (Lipinski definition) is 2. The standard InChI is InChI=1S/C12H28N3/c1-5-14(6-2)11-9-13-10-12-15(7-3)8-4/h5-12H2,1-4H3. The van der Waals surface area contributed by atoms with E-state index in [1.54, 1.807) is 0 Å². The van der Waals surface area contributed by atoms with Gasteiger partial charge in [-0.1, -0.05) is 27.7 Å². The van der Waals surface area contributed by atoms with Gasteiger partial charge in [0.1, 0.15) is 0 Å². The second kappa shape index (κ2) is 10.4. The number of rotatable bonds is 10. The second-order valence-corrected chi connectivity index (χ2v) is 3.72. The minimum atomic E-state index is 0.989. The Kier molecular flexibility index (Phi) is 10.3. The molecule has 91 valence electrons. The maximum atomic E-state index is 4.56. The zero-order valence-electron chi connectivity index (χ0n) is 11.0. The van der Waals surface area contributed by atoms with Crippen LogP contribution in [0.3, 0.4) is 0 Å². The first-order chi connectivity index (χ1) is 7.28. The molecule has 0 aromatic heterocycles. The molecule has 0 atom stereocenters. The van der Waals surface area contributed by atoms with Crippen molar-refractivity contribution in [1.82, 2.24) is 15.1 Å².